The first kappa shape index (κ1) is 17.0. The standard InChI is InChI=1S/C18H31NO/c1-2-3-4-5-6-7-8-9-10-11-12-15-18(20)19-16-13-14-17-19/h10-12,15H,2-9,13-14,16-17H2,1H3. The average molecular weight is 277 g/mol. The monoisotopic (exact) mass is 277 g/mol. The van der Waals surface area contributed by atoms with Crippen LogP contribution < -0.4 is 0 Å². The van der Waals surface area contributed by atoms with Crippen molar-refractivity contribution in [2.24, 2.45) is 0 Å². The van der Waals surface area contributed by atoms with E-state index in [2.05, 4.69) is 13.0 Å². The lowest BCUT2D eigenvalue weighted by atomic mass is 10.1. The van der Waals surface area contributed by atoms with Gasteiger partial charge in [-0.15, -0.1) is 0 Å². The summed E-state index contributed by atoms with van der Waals surface area (Å²) in [5.41, 5.74) is 0. The summed E-state index contributed by atoms with van der Waals surface area (Å²) >= 11 is 0. The molecule has 20 heavy (non-hydrogen) atoms. The minimum absolute atomic E-state index is 0.170. The van der Waals surface area contributed by atoms with Crippen LogP contribution in [-0.2, 0) is 4.79 Å². The first-order chi connectivity index (χ1) is 9.84. The summed E-state index contributed by atoms with van der Waals surface area (Å²) < 4.78 is 0. The normalized spacial score (nSPS) is 15.8. The van der Waals surface area contributed by atoms with E-state index in [0.29, 0.717) is 0 Å². The smallest absolute Gasteiger partial charge is 0.246 e. The van der Waals surface area contributed by atoms with E-state index < -0.39 is 0 Å². The molecule has 114 valence electrons. The number of amides is 1. The van der Waals surface area contributed by atoms with Gasteiger partial charge in [0, 0.05) is 19.2 Å². The van der Waals surface area contributed by atoms with Crippen molar-refractivity contribution in [2.45, 2.75) is 71.1 Å². The molecule has 0 N–H and O–H groups in total. The second kappa shape index (κ2) is 11.7. The van der Waals surface area contributed by atoms with Gasteiger partial charge in [-0.25, -0.2) is 0 Å². The van der Waals surface area contributed by atoms with Crippen LogP contribution in [0.15, 0.2) is 24.3 Å². The van der Waals surface area contributed by atoms with E-state index in [0.717, 1.165) is 32.4 Å². The van der Waals surface area contributed by atoms with Crippen molar-refractivity contribution in [3.63, 3.8) is 0 Å². The first-order valence-corrected chi connectivity index (χ1v) is 8.46. The van der Waals surface area contributed by atoms with Crippen molar-refractivity contribution >= 4 is 5.91 Å². The lowest BCUT2D eigenvalue weighted by Gasteiger charge is -2.11. The zero-order valence-corrected chi connectivity index (χ0v) is 13.2. The maximum absolute atomic E-state index is 11.7. The Hall–Kier alpha value is -1.05. The highest BCUT2D eigenvalue weighted by Gasteiger charge is 2.14. The van der Waals surface area contributed by atoms with Crippen LogP contribution in [0.2, 0.25) is 0 Å². The van der Waals surface area contributed by atoms with E-state index in [1.54, 1.807) is 6.08 Å². The van der Waals surface area contributed by atoms with Gasteiger partial charge in [0.15, 0.2) is 0 Å². The molecule has 0 bridgehead atoms. The van der Waals surface area contributed by atoms with E-state index in [1.807, 2.05) is 17.1 Å². The number of rotatable bonds is 10. The van der Waals surface area contributed by atoms with E-state index in [-0.39, 0.29) is 5.91 Å². The van der Waals surface area contributed by atoms with Gasteiger partial charge in [0.25, 0.3) is 0 Å². The van der Waals surface area contributed by atoms with E-state index in [1.165, 1.54) is 44.9 Å². The molecule has 1 heterocycles. The molecule has 0 aromatic heterocycles. The molecular weight excluding hydrogens is 246 g/mol. The predicted molar refractivity (Wildman–Crippen MR) is 86.7 cm³/mol. The van der Waals surface area contributed by atoms with E-state index in [4.69, 9.17) is 0 Å². The highest BCUT2D eigenvalue weighted by atomic mass is 16.2. The minimum Gasteiger partial charge on any atom is -0.339 e. The number of allylic oxidation sites excluding steroid dienone is 3. The summed E-state index contributed by atoms with van der Waals surface area (Å²) in [4.78, 5) is 13.6. The molecule has 1 aliphatic rings. The molecule has 2 nitrogen and oxygen atoms in total. The maximum Gasteiger partial charge on any atom is 0.246 e. The molecule has 1 amide bonds. The molecule has 2 heteroatoms. The van der Waals surface area contributed by atoms with Gasteiger partial charge >= 0.3 is 0 Å². The van der Waals surface area contributed by atoms with Crippen LogP contribution in [0.5, 0.6) is 0 Å². The molecule has 0 aliphatic carbocycles. The lowest BCUT2D eigenvalue weighted by Crippen LogP contribution is -2.25. The largest absolute Gasteiger partial charge is 0.339 e. The van der Waals surface area contributed by atoms with Gasteiger partial charge < -0.3 is 4.90 Å². The molecule has 1 saturated heterocycles. The summed E-state index contributed by atoms with van der Waals surface area (Å²) in [6, 6.07) is 0. The number of likely N-dealkylation sites (tertiary alicyclic amines) is 1. The number of nitrogens with zero attached hydrogens (tertiary/aromatic N) is 1. The second-order valence-corrected chi connectivity index (χ2v) is 5.73. The van der Waals surface area contributed by atoms with Gasteiger partial charge in [0.2, 0.25) is 5.91 Å². The fourth-order valence-corrected chi connectivity index (χ4v) is 2.57. The zero-order chi connectivity index (χ0) is 14.5. The second-order valence-electron chi connectivity index (χ2n) is 5.73. The Kier molecular flexibility index (Phi) is 9.99. The Morgan fingerprint density at radius 3 is 2.30 bits per heavy atom. The van der Waals surface area contributed by atoms with Crippen molar-refractivity contribution in [1.29, 1.82) is 0 Å². The third-order valence-corrected chi connectivity index (χ3v) is 3.88. The Balaban J connectivity index is 1.94. The third kappa shape index (κ3) is 8.19. The van der Waals surface area contributed by atoms with Crippen molar-refractivity contribution in [1.82, 2.24) is 4.90 Å². The van der Waals surface area contributed by atoms with Crippen LogP contribution in [0.25, 0.3) is 0 Å². The fraction of sp³-hybridized carbons (Fsp3) is 0.722. The summed E-state index contributed by atoms with van der Waals surface area (Å²) in [5, 5.41) is 0. The van der Waals surface area contributed by atoms with Crippen LogP contribution >= 0.6 is 0 Å². The van der Waals surface area contributed by atoms with Gasteiger partial charge in [-0.1, -0.05) is 63.7 Å². The van der Waals surface area contributed by atoms with Gasteiger partial charge in [0.05, 0.1) is 0 Å². The third-order valence-electron chi connectivity index (χ3n) is 3.88. The molecule has 0 saturated carbocycles. The van der Waals surface area contributed by atoms with Gasteiger partial charge in [0.1, 0.15) is 0 Å². The first-order valence-electron chi connectivity index (χ1n) is 8.46. The van der Waals surface area contributed by atoms with Gasteiger partial charge in [-0.05, 0) is 25.7 Å². The quantitative estimate of drug-likeness (QED) is 0.317. The van der Waals surface area contributed by atoms with E-state index in [9.17, 15) is 4.79 Å². The van der Waals surface area contributed by atoms with Gasteiger partial charge in [-0.3, -0.25) is 4.79 Å². The van der Waals surface area contributed by atoms with Crippen LogP contribution in [0.1, 0.15) is 71.1 Å². The Labute approximate surface area is 124 Å². The number of carbonyl (C=O) groups is 1. The number of unbranched alkanes of at least 4 members (excludes halogenated alkanes) is 7. The Morgan fingerprint density at radius 2 is 1.60 bits per heavy atom. The van der Waals surface area contributed by atoms with Gasteiger partial charge in [-0.2, -0.15) is 0 Å². The highest BCUT2D eigenvalue weighted by molar-refractivity contribution is 5.88. The Bertz CT molecular complexity index is 301. The SMILES string of the molecule is CCCCCCCCCC=CC=CC(=O)N1CCCC1. The highest BCUT2D eigenvalue weighted by Crippen LogP contribution is 2.09. The fourth-order valence-electron chi connectivity index (χ4n) is 2.57. The van der Waals surface area contributed by atoms with Crippen LogP contribution in [0.3, 0.4) is 0 Å². The lowest BCUT2D eigenvalue weighted by molar-refractivity contribution is -0.124. The van der Waals surface area contributed by atoms with Crippen molar-refractivity contribution in [3.05, 3.63) is 24.3 Å². The minimum atomic E-state index is 0.170. The Morgan fingerprint density at radius 1 is 0.950 bits per heavy atom. The summed E-state index contributed by atoms with van der Waals surface area (Å²) in [6.07, 6.45) is 20.7. The summed E-state index contributed by atoms with van der Waals surface area (Å²) in [7, 11) is 0. The maximum atomic E-state index is 11.7. The summed E-state index contributed by atoms with van der Waals surface area (Å²) in [6.45, 7) is 4.13. The van der Waals surface area contributed by atoms with Crippen LogP contribution in [0, 0.1) is 0 Å². The predicted octanol–water partition coefficient (Wildman–Crippen LogP) is 4.86. The van der Waals surface area contributed by atoms with Crippen LogP contribution in [-0.4, -0.2) is 23.9 Å². The number of carbonyl (C=O) groups excluding carboxylic acids is 1. The number of hydrogen-bond acceptors (Lipinski definition) is 1. The van der Waals surface area contributed by atoms with Crippen molar-refractivity contribution in [2.75, 3.05) is 13.1 Å². The van der Waals surface area contributed by atoms with Crippen molar-refractivity contribution in [3.8, 4) is 0 Å². The molecule has 1 aliphatic heterocycles. The molecule has 0 radical (unpaired) electrons. The van der Waals surface area contributed by atoms with E-state index >= 15 is 0 Å². The molecule has 0 spiro atoms. The van der Waals surface area contributed by atoms with Crippen LogP contribution in [0.4, 0.5) is 0 Å². The topological polar surface area (TPSA) is 20.3 Å². The van der Waals surface area contributed by atoms with Crippen molar-refractivity contribution < 1.29 is 4.79 Å². The molecule has 0 unspecified atom stereocenters. The molecule has 0 aromatic rings. The molecule has 1 rings (SSSR count). The zero-order valence-electron chi connectivity index (χ0n) is 13.2. The molecule has 0 aromatic carbocycles. The molecule has 0 atom stereocenters. The molecular formula is C18H31NO. The molecule has 1 fully saturated rings. The number of hydrogen-bond donors (Lipinski definition) is 0. The summed E-state index contributed by atoms with van der Waals surface area (Å²) in [5.74, 6) is 0.170. The average Bonchev–Trinajstić information content (AvgIpc) is 2.99.